The second-order valence-corrected chi connectivity index (χ2v) is 7.78. The lowest BCUT2D eigenvalue weighted by Gasteiger charge is -2.11. The second kappa shape index (κ2) is 8.79. The number of pyridine rings is 1. The SMILES string of the molecule is O=C(CS(=O)(=O)c1ccc(C(F)(F)F)cn1)NNC(=O)Nc1cccc(C(F)(F)F)c1. The summed E-state index contributed by atoms with van der Waals surface area (Å²) in [7, 11) is -4.44. The van der Waals surface area contributed by atoms with Crippen molar-refractivity contribution in [1.82, 2.24) is 15.8 Å². The molecule has 0 saturated heterocycles. The minimum absolute atomic E-state index is 0.261. The second-order valence-electron chi connectivity index (χ2n) is 5.85. The van der Waals surface area contributed by atoms with Gasteiger partial charge in [-0.3, -0.25) is 10.2 Å². The van der Waals surface area contributed by atoms with Gasteiger partial charge in [-0.1, -0.05) is 6.07 Å². The zero-order chi connectivity index (χ0) is 23.4. The van der Waals surface area contributed by atoms with Crippen LogP contribution in [-0.2, 0) is 27.0 Å². The van der Waals surface area contributed by atoms with Gasteiger partial charge in [-0.15, -0.1) is 0 Å². The molecule has 0 radical (unpaired) electrons. The summed E-state index contributed by atoms with van der Waals surface area (Å²) >= 11 is 0. The number of nitrogens with one attached hydrogen (secondary N) is 3. The van der Waals surface area contributed by atoms with E-state index in [-0.39, 0.29) is 11.9 Å². The number of rotatable bonds is 4. The molecular formula is C16H12F6N4O4S. The Morgan fingerprint density at radius 3 is 2.10 bits per heavy atom. The number of nitrogens with zero attached hydrogens (tertiary/aromatic N) is 1. The zero-order valence-electron chi connectivity index (χ0n) is 15.0. The lowest BCUT2D eigenvalue weighted by molar-refractivity contribution is -0.138. The molecule has 0 aliphatic heterocycles. The van der Waals surface area contributed by atoms with Crippen molar-refractivity contribution in [3.8, 4) is 0 Å². The molecule has 0 aliphatic rings. The molecule has 2 aromatic rings. The van der Waals surface area contributed by atoms with Crippen LogP contribution in [0, 0.1) is 0 Å². The summed E-state index contributed by atoms with van der Waals surface area (Å²) in [5.74, 6) is -2.55. The number of alkyl halides is 6. The minimum Gasteiger partial charge on any atom is -0.307 e. The maximum atomic E-state index is 12.6. The van der Waals surface area contributed by atoms with Gasteiger partial charge in [0.05, 0.1) is 11.1 Å². The molecule has 0 atom stereocenters. The molecule has 15 heteroatoms. The molecule has 0 aliphatic carbocycles. The molecule has 3 N–H and O–H groups in total. The van der Waals surface area contributed by atoms with Crippen LogP contribution in [0.25, 0.3) is 0 Å². The number of carbonyl (C=O) groups is 2. The molecule has 0 spiro atoms. The van der Waals surface area contributed by atoms with Crippen LogP contribution in [0.2, 0.25) is 0 Å². The van der Waals surface area contributed by atoms with Gasteiger partial charge in [-0.25, -0.2) is 23.6 Å². The van der Waals surface area contributed by atoms with Crippen molar-refractivity contribution in [3.63, 3.8) is 0 Å². The Labute approximate surface area is 170 Å². The fourth-order valence-corrected chi connectivity index (χ4v) is 3.13. The normalized spacial score (nSPS) is 12.2. The van der Waals surface area contributed by atoms with Crippen LogP contribution in [-0.4, -0.2) is 31.1 Å². The van der Waals surface area contributed by atoms with Gasteiger partial charge in [0.2, 0.25) is 9.84 Å². The van der Waals surface area contributed by atoms with Crippen LogP contribution in [0.4, 0.5) is 36.8 Å². The predicted octanol–water partition coefficient (Wildman–Crippen LogP) is 2.75. The number of anilines is 1. The molecule has 0 fully saturated rings. The fraction of sp³-hybridized carbons (Fsp3) is 0.188. The third-order valence-electron chi connectivity index (χ3n) is 3.47. The number of amides is 3. The number of aromatic nitrogens is 1. The lowest BCUT2D eigenvalue weighted by Crippen LogP contribution is -2.46. The van der Waals surface area contributed by atoms with Gasteiger partial charge in [0, 0.05) is 11.9 Å². The van der Waals surface area contributed by atoms with Gasteiger partial charge in [0.25, 0.3) is 5.91 Å². The standard InChI is InChI=1S/C16H12F6N4O4S/c17-15(18,19)9-2-1-3-11(6-9)24-14(28)26-25-12(27)8-31(29,30)13-5-4-10(7-23-13)16(20,21)22/h1-7H,8H2,(H,25,27)(H2,24,26,28). The number of benzene rings is 1. The first-order chi connectivity index (χ1) is 14.2. The number of carbonyl (C=O) groups excluding carboxylic acids is 2. The van der Waals surface area contributed by atoms with Crippen LogP contribution in [0.5, 0.6) is 0 Å². The van der Waals surface area contributed by atoms with Crippen LogP contribution in [0.15, 0.2) is 47.6 Å². The first-order valence-electron chi connectivity index (χ1n) is 7.97. The summed E-state index contributed by atoms with van der Waals surface area (Å²) in [5, 5.41) is 1.19. The molecular weight excluding hydrogens is 458 g/mol. The van der Waals surface area contributed by atoms with Gasteiger partial charge in [-0.2, -0.15) is 26.3 Å². The number of hydrogen-bond acceptors (Lipinski definition) is 5. The largest absolute Gasteiger partial charge is 0.417 e. The molecule has 0 saturated carbocycles. The average molecular weight is 470 g/mol. The van der Waals surface area contributed by atoms with Gasteiger partial charge >= 0.3 is 18.4 Å². The van der Waals surface area contributed by atoms with Crippen LogP contribution in [0.1, 0.15) is 11.1 Å². The molecule has 31 heavy (non-hydrogen) atoms. The summed E-state index contributed by atoms with van der Waals surface area (Å²) in [5.41, 5.74) is 0.937. The summed E-state index contributed by atoms with van der Waals surface area (Å²) in [4.78, 5) is 26.5. The van der Waals surface area contributed by atoms with Crippen molar-refractivity contribution in [3.05, 3.63) is 53.7 Å². The number of hydrogen-bond donors (Lipinski definition) is 3. The molecule has 3 amide bonds. The number of sulfone groups is 1. The molecule has 8 nitrogen and oxygen atoms in total. The highest BCUT2D eigenvalue weighted by molar-refractivity contribution is 7.92. The van der Waals surface area contributed by atoms with Crippen molar-refractivity contribution in [2.45, 2.75) is 17.4 Å². The fourth-order valence-electron chi connectivity index (χ4n) is 2.08. The highest BCUT2D eigenvalue weighted by atomic mass is 32.2. The van der Waals surface area contributed by atoms with E-state index in [0.717, 1.165) is 18.2 Å². The highest BCUT2D eigenvalue weighted by Crippen LogP contribution is 2.30. The van der Waals surface area contributed by atoms with Crippen molar-refractivity contribution >= 4 is 27.5 Å². The maximum Gasteiger partial charge on any atom is 0.417 e. The Balaban J connectivity index is 1.93. The number of urea groups is 1. The quantitative estimate of drug-likeness (QED) is 0.469. The highest BCUT2D eigenvalue weighted by Gasteiger charge is 2.32. The number of hydrazine groups is 1. The van der Waals surface area contributed by atoms with Crippen LogP contribution >= 0.6 is 0 Å². The first kappa shape index (κ1) is 23.9. The Morgan fingerprint density at radius 1 is 0.903 bits per heavy atom. The molecule has 0 bridgehead atoms. The van der Waals surface area contributed by atoms with Crippen molar-refractivity contribution in [1.29, 1.82) is 0 Å². The Hall–Kier alpha value is -3.36. The Bertz CT molecular complexity index is 1070. The van der Waals surface area contributed by atoms with E-state index < -0.39 is 56.0 Å². The van der Waals surface area contributed by atoms with Crippen LogP contribution in [0.3, 0.4) is 0 Å². The topological polar surface area (TPSA) is 117 Å². The van der Waals surface area contributed by atoms with E-state index in [1.165, 1.54) is 0 Å². The lowest BCUT2D eigenvalue weighted by atomic mass is 10.2. The third kappa shape index (κ3) is 6.84. The molecule has 2 rings (SSSR count). The van der Waals surface area contributed by atoms with Crippen molar-refractivity contribution in [2.24, 2.45) is 0 Å². The predicted molar refractivity (Wildman–Crippen MR) is 93.0 cm³/mol. The average Bonchev–Trinajstić information content (AvgIpc) is 2.65. The molecule has 168 valence electrons. The minimum atomic E-state index is -4.73. The summed E-state index contributed by atoms with van der Waals surface area (Å²) < 4.78 is 99.4. The van der Waals surface area contributed by atoms with E-state index in [1.807, 2.05) is 5.32 Å². The Kier molecular flexibility index (Phi) is 6.78. The summed E-state index contributed by atoms with van der Waals surface area (Å²) in [6, 6.07) is 3.42. The first-order valence-corrected chi connectivity index (χ1v) is 9.63. The molecule has 1 heterocycles. The van der Waals surface area contributed by atoms with Gasteiger partial charge in [0.1, 0.15) is 5.75 Å². The van der Waals surface area contributed by atoms with Gasteiger partial charge in [0.15, 0.2) is 5.03 Å². The maximum absolute atomic E-state index is 12.6. The van der Waals surface area contributed by atoms with Crippen LogP contribution < -0.4 is 16.2 Å². The van der Waals surface area contributed by atoms with Crippen molar-refractivity contribution < 1.29 is 44.3 Å². The summed E-state index contributed by atoms with van der Waals surface area (Å²) in [6.07, 6.45) is -9.10. The van der Waals surface area contributed by atoms with E-state index in [0.29, 0.717) is 18.2 Å². The summed E-state index contributed by atoms with van der Waals surface area (Å²) in [6.45, 7) is 0. The van der Waals surface area contributed by atoms with Gasteiger partial charge < -0.3 is 5.32 Å². The van der Waals surface area contributed by atoms with Gasteiger partial charge in [-0.05, 0) is 30.3 Å². The third-order valence-corrected chi connectivity index (χ3v) is 4.99. The van der Waals surface area contributed by atoms with E-state index in [1.54, 1.807) is 10.9 Å². The zero-order valence-corrected chi connectivity index (χ0v) is 15.8. The monoisotopic (exact) mass is 470 g/mol. The van der Waals surface area contributed by atoms with E-state index in [2.05, 4.69) is 4.98 Å². The smallest absolute Gasteiger partial charge is 0.307 e. The number of halogens is 6. The van der Waals surface area contributed by atoms with E-state index >= 15 is 0 Å². The Morgan fingerprint density at radius 2 is 1.55 bits per heavy atom. The van der Waals surface area contributed by atoms with E-state index in [4.69, 9.17) is 0 Å². The van der Waals surface area contributed by atoms with Crippen molar-refractivity contribution in [2.75, 3.05) is 11.1 Å². The molecule has 0 unspecified atom stereocenters. The molecule has 1 aromatic heterocycles. The molecule has 1 aromatic carbocycles. The van der Waals surface area contributed by atoms with E-state index in [9.17, 15) is 44.3 Å².